The van der Waals surface area contributed by atoms with Crippen molar-refractivity contribution in [1.29, 1.82) is 0 Å². The summed E-state index contributed by atoms with van der Waals surface area (Å²) in [7, 11) is 1.88. The first-order valence-electron chi connectivity index (χ1n) is 6.14. The zero-order chi connectivity index (χ0) is 12.7. The molecular formula is C14H21NO2. The van der Waals surface area contributed by atoms with E-state index in [2.05, 4.69) is 6.92 Å². The molecule has 0 heterocycles. The summed E-state index contributed by atoms with van der Waals surface area (Å²) in [4.78, 5) is 13.2. The first kappa shape index (κ1) is 13.7. The molecule has 0 fully saturated rings. The molecule has 0 aliphatic heterocycles. The molecule has 0 amide bonds. The van der Waals surface area contributed by atoms with Crippen molar-refractivity contribution in [2.24, 2.45) is 0 Å². The van der Waals surface area contributed by atoms with Crippen LogP contribution in [0, 0.1) is 0 Å². The third-order valence-corrected chi connectivity index (χ3v) is 2.90. The smallest absolute Gasteiger partial charge is 0.325 e. The zero-order valence-corrected chi connectivity index (χ0v) is 10.6. The number of nitrogens with zero attached hydrogens (tertiary/aromatic N) is 1. The fourth-order valence-corrected chi connectivity index (χ4v) is 1.96. The SMILES string of the molecule is CCCCCN(C)C(C(=O)O)c1ccccc1. The molecule has 0 bridgehead atoms. The van der Waals surface area contributed by atoms with Crippen molar-refractivity contribution in [2.75, 3.05) is 13.6 Å². The average molecular weight is 235 g/mol. The predicted octanol–water partition coefficient (Wildman–Crippen LogP) is 2.93. The Kier molecular flexibility index (Phi) is 5.70. The van der Waals surface area contributed by atoms with Crippen LogP contribution < -0.4 is 0 Å². The number of aliphatic carboxylic acids is 1. The van der Waals surface area contributed by atoms with Gasteiger partial charge < -0.3 is 5.11 Å². The van der Waals surface area contributed by atoms with Crippen LogP contribution in [0.2, 0.25) is 0 Å². The number of unbranched alkanes of at least 4 members (excludes halogenated alkanes) is 2. The van der Waals surface area contributed by atoms with Gasteiger partial charge in [-0.15, -0.1) is 0 Å². The van der Waals surface area contributed by atoms with Gasteiger partial charge in [-0.3, -0.25) is 9.69 Å². The van der Waals surface area contributed by atoms with Crippen LogP contribution in [0.3, 0.4) is 0 Å². The average Bonchev–Trinajstić information content (AvgIpc) is 2.30. The molecule has 1 atom stereocenters. The Morgan fingerprint density at radius 3 is 2.47 bits per heavy atom. The van der Waals surface area contributed by atoms with E-state index < -0.39 is 12.0 Å². The number of likely N-dealkylation sites (N-methyl/N-ethyl adjacent to an activating group) is 1. The van der Waals surface area contributed by atoms with E-state index >= 15 is 0 Å². The molecule has 1 aromatic carbocycles. The highest BCUT2D eigenvalue weighted by atomic mass is 16.4. The second kappa shape index (κ2) is 7.07. The molecule has 1 aromatic rings. The number of benzene rings is 1. The van der Waals surface area contributed by atoms with E-state index in [1.165, 1.54) is 0 Å². The van der Waals surface area contributed by atoms with E-state index in [-0.39, 0.29) is 0 Å². The molecule has 3 nitrogen and oxygen atoms in total. The summed E-state index contributed by atoms with van der Waals surface area (Å²) in [6, 6.07) is 8.87. The summed E-state index contributed by atoms with van der Waals surface area (Å²) in [6.45, 7) is 2.96. The third kappa shape index (κ3) is 4.19. The topological polar surface area (TPSA) is 40.5 Å². The minimum Gasteiger partial charge on any atom is -0.480 e. The van der Waals surface area contributed by atoms with Gasteiger partial charge in [0, 0.05) is 0 Å². The van der Waals surface area contributed by atoms with Crippen molar-refractivity contribution in [1.82, 2.24) is 4.90 Å². The number of carboxylic acid groups (broad SMARTS) is 1. The Hall–Kier alpha value is -1.35. The number of rotatable bonds is 7. The van der Waals surface area contributed by atoms with Gasteiger partial charge in [0.15, 0.2) is 0 Å². The van der Waals surface area contributed by atoms with Crippen LogP contribution in [0.4, 0.5) is 0 Å². The van der Waals surface area contributed by atoms with Gasteiger partial charge in [-0.1, -0.05) is 50.1 Å². The van der Waals surface area contributed by atoms with E-state index in [1.807, 2.05) is 42.3 Å². The first-order chi connectivity index (χ1) is 8.16. The number of carbonyl (C=O) groups is 1. The second-order valence-electron chi connectivity index (χ2n) is 4.34. The van der Waals surface area contributed by atoms with Gasteiger partial charge in [0.1, 0.15) is 6.04 Å². The van der Waals surface area contributed by atoms with E-state index in [0.717, 1.165) is 31.4 Å². The Balaban J connectivity index is 2.69. The molecule has 0 aliphatic carbocycles. The van der Waals surface area contributed by atoms with Crippen molar-refractivity contribution < 1.29 is 9.90 Å². The summed E-state index contributed by atoms with van der Waals surface area (Å²) in [5, 5.41) is 9.31. The van der Waals surface area contributed by atoms with Crippen LogP contribution in [0.5, 0.6) is 0 Å². The van der Waals surface area contributed by atoms with Crippen LogP contribution in [0.15, 0.2) is 30.3 Å². The predicted molar refractivity (Wildman–Crippen MR) is 69.0 cm³/mol. The molecule has 0 radical (unpaired) electrons. The quantitative estimate of drug-likeness (QED) is 0.739. The highest BCUT2D eigenvalue weighted by molar-refractivity contribution is 5.75. The molecule has 0 aliphatic rings. The van der Waals surface area contributed by atoms with E-state index in [4.69, 9.17) is 0 Å². The first-order valence-corrected chi connectivity index (χ1v) is 6.14. The second-order valence-corrected chi connectivity index (χ2v) is 4.34. The maximum absolute atomic E-state index is 11.3. The van der Waals surface area contributed by atoms with Crippen LogP contribution in [0.25, 0.3) is 0 Å². The fourth-order valence-electron chi connectivity index (χ4n) is 1.96. The Bertz CT molecular complexity index is 337. The number of carboxylic acids is 1. The third-order valence-electron chi connectivity index (χ3n) is 2.90. The van der Waals surface area contributed by atoms with Crippen molar-refractivity contribution in [3.05, 3.63) is 35.9 Å². The zero-order valence-electron chi connectivity index (χ0n) is 10.6. The lowest BCUT2D eigenvalue weighted by Crippen LogP contribution is -2.31. The molecule has 0 saturated heterocycles. The lowest BCUT2D eigenvalue weighted by atomic mass is 10.1. The highest BCUT2D eigenvalue weighted by Gasteiger charge is 2.23. The maximum atomic E-state index is 11.3. The summed E-state index contributed by atoms with van der Waals surface area (Å²) in [6.07, 6.45) is 3.34. The fraction of sp³-hybridized carbons (Fsp3) is 0.500. The molecule has 0 aromatic heterocycles. The number of hydrogen-bond donors (Lipinski definition) is 1. The van der Waals surface area contributed by atoms with E-state index in [9.17, 15) is 9.90 Å². The van der Waals surface area contributed by atoms with Gasteiger partial charge in [-0.2, -0.15) is 0 Å². The molecule has 1 unspecified atom stereocenters. The maximum Gasteiger partial charge on any atom is 0.325 e. The van der Waals surface area contributed by atoms with Gasteiger partial charge in [0.2, 0.25) is 0 Å². The Morgan fingerprint density at radius 1 is 1.29 bits per heavy atom. The molecule has 94 valence electrons. The van der Waals surface area contributed by atoms with Crippen LogP contribution in [-0.2, 0) is 4.79 Å². The summed E-state index contributed by atoms with van der Waals surface area (Å²) in [5.74, 6) is -0.782. The summed E-state index contributed by atoms with van der Waals surface area (Å²) in [5.41, 5.74) is 0.846. The molecule has 0 saturated carbocycles. The summed E-state index contributed by atoms with van der Waals surface area (Å²) >= 11 is 0. The Morgan fingerprint density at radius 2 is 1.94 bits per heavy atom. The van der Waals surface area contributed by atoms with Gasteiger partial charge in [-0.25, -0.2) is 0 Å². The van der Waals surface area contributed by atoms with Crippen molar-refractivity contribution in [3.8, 4) is 0 Å². The molecular weight excluding hydrogens is 214 g/mol. The van der Waals surface area contributed by atoms with E-state index in [1.54, 1.807) is 0 Å². The molecule has 17 heavy (non-hydrogen) atoms. The minimum atomic E-state index is -0.782. The Labute approximate surface area is 103 Å². The molecule has 1 rings (SSSR count). The molecule has 0 spiro atoms. The largest absolute Gasteiger partial charge is 0.480 e. The standard InChI is InChI=1S/C14H21NO2/c1-3-4-8-11-15(2)13(14(16)17)12-9-6-5-7-10-12/h5-7,9-10,13H,3-4,8,11H2,1-2H3,(H,16,17). The number of hydrogen-bond acceptors (Lipinski definition) is 2. The highest BCUT2D eigenvalue weighted by Crippen LogP contribution is 2.19. The van der Waals surface area contributed by atoms with Crippen LogP contribution >= 0.6 is 0 Å². The van der Waals surface area contributed by atoms with Gasteiger partial charge in [-0.05, 0) is 25.6 Å². The minimum absolute atomic E-state index is 0.534. The molecule has 3 heteroatoms. The van der Waals surface area contributed by atoms with Gasteiger partial charge in [0.25, 0.3) is 0 Å². The lowest BCUT2D eigenvalue weighted by Gasteiger charge is -2.24. The summed E-state index contributed by atoms with van der Waals surface area (Å²) < 4.78 is 0. The normalized spacial score (nSPS) is 12.6. The van der Waals surface area contributed by atoms with Gasteiger partial charge in [0.05, 0.1) is 0 Å². The van der Waals surface area contributed by atoms with Crippen molar-refractivity contribution in [2.45, 2.75) is 32.2 Å². The molecule has 1 N–H and O–H groups in total. The van der Waals surface area contributed by atoms with Crippen molar-refractivity contribution in [3.63, 3.8) is 0 Å². The van der Waals surface area contributed by atoms with Crippen LogP contribution in [0.1, 0.15) is 37.8 Å². The lowest BCUT2D eigenvalue weighted by molar-refractivity contribution is -0.143. The monoisotopic (exact) mass is 235 g/mol. The van der Waals surface area contributed by atoms with Gasteiger partial charge >= 0.3 is 5.97 Å². The van der Waals surface area contributed by atoms with Crippen LogP contribution in [-0.4, -0.2) is 29.6 Å². The van der Waals surface area contributed by atoms with Crippen molar-refractivity contribution >= 4 is 5.97 Å². The van der Waals surface area contributed by atoms with E-state index in [0.29, 0.717) is 0 Å².